The quantitative estimate of drug-likeness (QED) is 0.274. The summed E-state index contributed by atoms with van der Waals surface area (Å²) in [7, 11) is 2.17. The lowest BCUT2D eigenvalue weighted by Gasteiger charge is -2.26. The third-order valence-electron chi connectivity index (χ3n) is 4.42. The first-order valence-electron chi connectivity index (χ1n) is 9.83. The summed E-state index contributed by atoms with van der Waals surface area (Å²) >= 11 is 0. The maximum absolute atomic E-state index is 10.7. The van der Waals surface area contributed by atoms with Crippen LogP contribution in [0.4, 0.5) is 0 Å². The summed E-state index contributed by atoms with van der Waals surface area (Å²) < 4.78 is 0. The van der Waals surface area contributed by atoms with Crippen LogP contribution in [-0.4, -0.2) is 60.8 Å². The first-order valence-corrected chi connectivity index (χ1v) is 9.83. The highest BCUT2D eigenvalue weighted by molar-refractivity contribution is 5.79. The lowest BCUT2D eigenvalue weighted by Crippen LogP contribution is -2.40. The fraction of sp³-hybridized carbons (Fsp3) is 0.947. The lowest BCUT2D eigenvalue weighted by molar-refractivity contribution is 0.0306. The minimum atomic E-state index is -0.661. The fourth-order valence-corrected chi connectivity index (χ4v) is 2.73. The second kappa shape index (κ2) is 13.5. The largest absolute Gasteiger partial charge is 0.388 e. The molecule has 5 heteroatoms. The molecule has 0 fully saturated rings. The van der Waals surface area contributed by atoms with Crippen LogP contribution in [0, 0.1) is 0 Å². The van der Waals surface area contributed by atoms with E-state index in [0.717, 1.165) is 57.7 Å². The normalized spacial score (nSPS) is 13.0. The average Bonchev–Trinajstić information content (AvgIpc) is 2.52. The first kappa shape index (κ1) is 23.2. The van der Waals surface area contributed by atoms with Crippen LogP contribution in [0.3, 0.4) is 0 Å². The van der Waals surface area contributed by atoms with Crippen LogP contribution in [0.2, 0.25) is 0 Å². The number of nitrogens with one attached hydrogen (secondary N) is 2. The number of hydrogen-bond acceptors (Lipinski definition) is 3. The fourth-order valence-electron chi connectivity index (χ4n) is 2.73. The molecule has 0 aromatic rings. The second-order valence-electron chi connectivity index (χ2n) is 7.13. The highest BCUT2D eigenvalue weighted by Gasteiger charge is 2.24. The SMILES string of the molecule is CCCC(O)(CCC)CN=C(NCC)NCCCCN(C)C(C)C. The van der Waals surface area contributed by atoms with Crippen LogP contribution in [0.1, 0.15) is 73.1 Å². The Morgan fingerprint density at radius 2 is 1.71 bits per heavy atom. The number of unbranched alkanes of at least 4 members (excludes halogenated alkanes) is 1. The summed E-state index contributed by atoms with van der Waals surface area (Å²) in [5.41, 5.74) is -0.661. The molecule has 0 aromatic heterocycles. The third kappa shape index (κ3) is 10.9. The van der Waals surface area contributed by atoms with Gasteiger partial charge in [-0.3, -0.25) is 4.99 Å². The number of hydrogen-bond donors (Lipinski definition) is 3. The van der Waals surface area contributed by atoms with E-state index in [2.05, 4.69) is 62.2 Å². The molecule has 0 saturated heterocycles. The summed E-state index contributed by atoms with van der Waals surface area (Å²) in [4.78, 5) is 6.99. The van der Waals surface area contributed by atoms with E-state index in [4.69, 9.17) is 0 Å². The number of rotatable bonds is 13. The lowest BCUT2D eigenvalue weighted by atomic mass is 9.93. The van der Waals surface area contributed by atoms with Gasteiger partial charge in [0.2, 0.25) is 0 Å². The van der Waals surface area contributed by atoms with E-state index in [0.29, 0.717) is 12.6 Å². The van der Waals surface area contributed by atoms with Crippen LogP contribution in [0.15, 0.2) is 4.99 Å². The third-order valence-corrected chi connectivity index (χ3v) is 4.42. The van der Waals surface area contributed by atoms with Gasteiger partial charge in [0.15, 0.2) is 5.96 Å². The smallest absolute Gasteiger partial charge is 0.191 e. The van der Waals surface area contributed by atoms with Gasteiger partial charge in [-0.2, -0.15) is 0 Å². The predicted molar refractivity (Wildman–Crippen MR) is 106 cm³/mol. The minimum absolute atomic E-state index is 0.472. The molecular formula is C19H42N4O. The van der Waals surface area contributed by atoms with Crippen LogP contribution in [0.25, 0.3) is 0 Å². The van der Waals surface area contributed by atoms with Crippen LogP contribution >= 0.6 is 0 Å². The second-order valence-corrected chi connectivity index (χ2v) is 7.13. The number of aliphatic imine (C=N–C) groups is 1. The van der Waals surface area contributed by atoms with Crippen molar-refractivity contribution < 1.29 is 5.11 Å². The average molecular weight is 343 g/mol. The highest BCUT2D eigenvalue weighted by atomic mass is 16.3. The van der Waals surface area contributed by atoms with Gasteiger partial charge in [0.05, 0.1) is 12.1 Å². The van der Waals surface area contributed by atoms with Gasteiger partial charge in [-0.15, -0.1) is 0 Å². The van der Waals surface area contributed by atoms with Gasteiger partial charge >= 0.3 is 0 Å². The number of aliphatic hydroxyl groups is 1. The van der Waals surface area contributed by atoms with Gasteiger partial charge in [0.25, 0.3) is 0 Å². The molecule has 0 heterocycles. The Labute approximate surface area is 150 Å². The molecule has 0 aliphatic rings. The summed E-state index contributed by atoms with van der Waals surface area (Å²) in [6.45, 7) is 14.1. The molecular weight excluding hydrogens is 300 g/mol. The zero-order valence-corrected chi connectivity index (χ0v) is 17.0. The summed E-state index contributed by atoms with van der Waals surface area (Å²) in [6, 6.07) is 0.603. The molecule has 0 radical (unpaired) electrons. The zero-order valence-electron chi connectivity index (χ0n) is 17.0. The van der Waals surface area contributed by atoms with E-state index in [1.165, 1.54) is 6.42 Å². The van der Waals surface area contributed by atoms with Crippen molar-refractivity contribution in [1.82, 2.24) is 15.5 Å². The van der Waals surface area contributed by atoms with E-state index in [1.807, 2.05) is 0 Å². The molecule has 0 aliphatic heterocycles. The molecule has 0 atom stereocenters. The molecule has 0 unspecified atom stereocenters. The molecule has 0 bridgehead atoms. The minimum Gasteiger partial charge on any atom is -0.388 e. The Hall–Kier alpha value is -0.810. The first-order chi connectivity index (χ1) is 11.4. The molecule has 3 N–H and O–H groups in total. The van der Waals surface area contributed by atoms with Gasteiger partial charge in [0, 0.05) is 19.1 Å². The van der Waals surface area contributed by atoms with Crippen molar-refractivity contribution in [3.63, 3.8) is 0 Å². The van der Waals surface area contributed by atoms with Crippen molar-refractivity contribution in [2.45, 2.75) is 84.8 Å². The molecule has 0 saturated carbocycles. The van der Waals surface area contributed by atoms with Gasteiger partial charge in [0.1, 0.15) is 0 Å². The van der Waals surface area contributed by atoms with Crippen molar-refractivity contribution >= 4 is 5.96 Å². The molecule has 0 rings (SSSR count). The molecule has 0 aliphatic carbocycles. The molecule has 24 heavy (non-hydrogen) atoms. The Bertz CT molecular complexity index is 325. The van der Waals surface area contributed by atoms with E-state index in [-0.39, 0.29) is 0 Å². The van der Waals surface area contributed by atoms with Crippen molar-refractivity contribution in [2.75, 3.05) is 33.2 Å². The number of nitrogens with zero attached hydrogens (tertiary/aromatic N) is 2. The Morgan fingerprint density at radius 3 is 2.21 bits per heavy atom. The van der Waals surface area contributed by atoms with Gasteiger partial charge in [-0.1, -0.05) is 26.7 Å². The zero-order chi connectivity index (χ0) is 18.4. The maximum Gasteiger partial charge on any atom is 0.191 e. The maximum atomic E-state index is 10.7. The highest BCUT2D eigenvalue weighted by Crippen LogP contribution is 2.19. The van der Waals surface area contributed by atoms with Gasteiger partial charge in [-0.25, -0.2) is 0 Å². The molecule has 5 nitrogen and oxygen atoms in total. The Balaban J connectivity index is 4.31. The van der Waals surface area contributed by atoms with Crippen molar-refractivity contribution in [3.8, 4) is 0 Å². The van der Waals surface area contributed by atoms with Gasteiger partial charge in [-0.05, 0) is 60.0 Å². The van der Waals surface area contributed by atoms with Crippen molar-refractivity contribution in [1.29, 1.82) is 0 Å². The van der Waals surface area contributed by atoms with Crippen LogP contribution in [-0.2, 0) is 0 Å². The van der Waals surface area contributed by atoms with Crippen molar-refractivity contribution in [2.24, 2.45) is 4.99 Å². The Morgan fingerprint density at radius 1 is 1.08 bits per heavy atom. The van der Waals surface area contributed by atoms with E-state index < -0.39 is 5.60 Å². The summed E-state index contributed by atoms with van der Waals surface area (Å²) in [5, 5.41) is 17.3. The predicted octanol–water partition coefficient (Wildman–Crippen LogP) is 2.99. The van der Waals surface area contributed by atoms with E-state index in [9.17, 15) is 5.11 Å². The summed E-state index contributed by atoms with van der Waals surface area (Å²) in [6.07, 6.45) is 5.89. The van der Waals surface area contributed by atoms with Crippen molar-refractivity contribution in [3.05, 3.63) is 0 Å². The monoisotopic (exact) mass is 342 g/mol. The van der Waals surface area contributed by atoms with E-state index in [1.54, 1.807) is 0 Å². The summed E-state index contributed by atoms with van der Waals surface area (Å²) in [5.74, 6) is 0.820. The number of guanidine groups is 1. The molecule has 0 spiro atoms. The molecule has 0 aromatic carbocycles. The van der Waals surface area contributed by atoms with Crippen LogP contribution < -0.4 is 10.6 Å². The Kier molecular flexibility index (Phi) is 13.0. The van der Waals surface area contributed by atoms with E-state index >= 15 is 0 Å². The molecule has 0 amide bonds. The molecule has 144 valence electrons. The van der Waals surface area contributed by atoms with Crippen LogP contribution in [0.5, 0.6) is 0 Å². The topological polar surface area (TPSA) is 59.9 Å². The standard InChI is InChI=1S/C19H42N4O/c1-7-12-19(24,13-8-2)16-22-18(20-9-3)21-14-10-11-15-23(6)17(4)5/h17,24H,7-16H2,1-6H3,(H2,20,21,22). The van der Waals surface area contributed by atoms with Gasteiger partial charge < -0.3 is 20.6 Å².